The van der Waals surface area contributed by atoms with Crippen molar-refractivity contribution in [1.82, 2.24) is 0 Å². The Balaban J connectivity index is 1.56. The van der Waals surface area contributed by atoms with E-state index in [1.165, 1.54) is 6.92 Å². The first kappa shape index (κ1) is 29.1. The Labute approximate surface area is 236 Å². The number of rotatable bonds is 3. The van der Waals surface area contributed by atoms with Gasteiger partial charge in [0.2, 0.25) is 0 Å². The molecule has 0 aliphatic heterocycles. The van der Waals surface area contributed by atoms with Crippen molar-refractivity contribution in [3.63, 3.8) is 0 Å². The summed E-state index contributed by atoms with van der Waals surface area (Å²) in [5, 5.41) is 12.1. The Morgan fingerprint density at radius 3 is 2.23 bits per heavy atom. The van der Waals surface area contributed by atoms with Gasteiger partial charge in [-0.25, -0.2) is 0 Å². The third-order valence-electron chi connectivity index (χ3n) is 13.7. The van der Waals surface area contributed by atoms with Crippen molar-refractivity contribution in [3.8, 4) is 0 Å². The van der Waals surface area contributed by atoms with Gasteiger partial charge in [0.25, 0.3) is 0 Å². The smallest absolute Gasteiger partial charge is 0.302 e. The maximum atomic E-state index is 12.1. The molecule has 9 unspecified atom stereocenters. The Kier molecular flexibility index (Phi) is 6.78. The summed E-state index contributed by atoms with van der Waals surface area (Å²) in [6, 6.07) is 0. The lowest BCUT2D eigenvalue weighted by molar-refractivity contribution is -0.224. The quantitative estimate of drug-likeness (QED) is 0.300. The number of hydrogen-bond acceptors (Lipinski definition) is 5. The van der Waals surface area contributed by atoms with Crippen LogP contribution in [0.15, 0.2) is 11.6 Å². The molecule has 0 saturated heterocycles. The summed E-state index contributed by atoms with van der Waals surface area (Å²) in [5.74, 6) is 0.814. The van der Waals surface area contributed by atoms with E-state index in [1.807, 2.05) is 0 Å². The number of carbonyl (C=O) groups excluding carboxylic acids is 2. The van der Waals surface area contributed by atoms with Crippen LogP contribution in [0.3, 0.4) is 0 Å². The third kappa shape index (κ3) is 4.09. The van der Waals surface area contributed by atoms with Crippen molar-refractivity contribution in [2.24, 2.45) is 50.2 Å². The van der Waals surface area contributed by atoms with Crippen LogP contribution in [0.1, 0.15) is 120 Å². The van der Waals surface area contributed by atoms with Gasteiger partial charge in [-0.2, -0.15) is 0 Å². The van der Waals surface area contributed by atoms with Crippen LogP contribution in [0.5, 0.6) is 0 Å². The topological polar surface area (TPSA) is 72.8 Å². The minimum atomic E-state index is -0.489. The van der Waals surface area contributed by atoms with E-state index in [1.54, 1.807) is 12.5 Å². The van der Waals surface area contributed by atoms with Crippen molar-refractivity contribution >= 4 is 11.9 Å². The highest BCUT2D eigenvalue weighted by Crippen LogP contribution is 2.75. The minimum absolute atomic E-state index is 0.0226. The number of fused-ring (bicyclic) bond motifs is 7. The van der Waals surface area contributed by atoms with Crippen LogP contribution in [0, 0.1) is 50.2 Å². The molecule has 4 saturated carbocycles. The zero-order chi connectivity index (χ0) is 28.8. The van der Waals surface area contributed by atoms with E-state index >= 15 is 0 Å². The van der Waals surface area contributed by atoms with Gasteiger partial charge in [-0.3, -0.25) is 9.59 Å². The fourth-order valence-corrected chi connectivity index (χ4v) is 11.3. The van der Waals surface area contributed by atoms with Crippen LogP contribution >= 0.6 is 0 Å². The van der Waals surface area contributed by atoms with Gasteiger partial charge in [-0.05, 0) is 97.2 Å². The van der Waals surface area contributed by atoms with Gasteiger partial charge < -0.3 is 14.6 Å². The molecular formula is C34H54O5. The molecule has 5 aliphatic rings. The summed E-state index contributed by atoms with van der Waals surface area (Å²) in [6.07, 6.45) is 11.1. The molecule has 39 heavy (non-hydrogen) atoms. The molecular weight excluding hydrogens is 488 g/mol. The van der Waals surface area contributed by atoms with Gasteiger partial charge in [0.1, 0.15) is 6.10 Å². The van der Waals surface area contributed by atoms with Crippen LogP contribution < -0.4 is 0 Å². The molecule has 0 amide bonds. The van der Waals surface area contributed by atoms with Gasteiger partial charge in [-0.1, -0.05) is 60.1 Å². The maximum absolute atomic E-state index is 12.1. The van der Waals surface area contributed by atoms with Crippen LogP contribution in [-0.4, -0.2) is 35.9 Å². The van der Waals surface area contributed by atoms with Crippen molar-refractivity contribution in [1.29, 1.82) is 0 Å². The molecule has 0 bridgehead atoms. The van der Waals surface area contributed by atoms with Crippen LogP contribution in [0.25, 0.3) is 0 Å². The number of allylic oxidation sites excluding steroid dienone is 2. The summed E-state index contributed by atoms with van der Waals surface area (Å²) in [4.78, 5) is 23.9. The molecule has 4 fully saturated rings. The predicted molar refractivity (Wildman–Crippen MR) is 153 cm³/mol. The number of aliphatic hydroxyl groups excluding tert-OH is 1. The molecule has 0 spiro atoms. The standard InChI is InChI=1S/C34H54O5/c1-21(35)38-20-34-17-16-29(3,4)18-24(34)23-10-11-26-31(7)14-13-28(39-22(2)36)30(5,6)25(31)12-15-32(26,8)33(23,9)19-27(34)37/h10,24-28,37H,11-20H2,1-9H3. The van der Waals surface area contributed by atoms with Gasteiger partial charge >= 0.3 is 11.9 Å². The van der Waals surface area contributed by atoms with Crippen molar-refractivity contribution in [2.75, 3.05) is 6.61 Å². The first-order valence-corrected chi connectivity index (χ1v) is 15.6. The lowest BCUT2D eigenvalue weighted by Gasteiger charge is -2.72. The van der Waals surface area contributed by atoms with E-state index in [9.17, 15) is 14.7 Å². The summed E-state index contributed by atoms with van der Waals surface area (Å²) < 4.78 is 11.6. The molecule has 0 heterocycles. The maximum Gasteiger partial charge on any atom is 0.302 e. The zero-order valence-electron chi connectivity index (χ0n) is 26.1. The van der Waals surface area contributed by atoms with E-state index in [2.05, 4.69) is 54.5 Å². The fraction of sp³-hybridized carbons (Fsp3) is 0.882. The first-order valence-electron chi connectivity index (χ1n) is 15.6. The van der Waals surface area contributed by atoms with E-state index < -0.39 is 6.10 Å². The Morgan fingerprint density at radius 2 is 1.59 bits per heavy atom. The zero-order valence-corrected chi connectivity index (χ0v) is 26.1. The molecule has 9 atom stereocenters. The van der Waals surface area contributed by atoms with Crippen molar-refractivity contribution < 1.29 is 24.2 Å². The Bertz CT molecular complexity index is 1060. The van der Waals surface area contributed by atoms with Crippen LogP contribution in [0.2, 0.25) is 0 Å². The molecule has 0 aromatic carbocycles. The molecule has 5 aliphatic carbocycles. The number of carbonyl (C=O) groups is 2. The highest BCUT2D eigenvalue weighted by Gasteiger charge is 2.70. The van der Waals surface area contributed by atoms with Gasteiger partial charge in [0, 0.05) is 24.7 Å². The average molecular weight is 543 g/mol. The molecule has 0 aromatic heterocycles. The van der Waals surface area contributed by atoms with E-state index in [0.717, 1.165) is 57.8 Å². The summed E-state index contributed by atoms with van der Waals surface area (Å²) in [5.41, 5.74) is 1.41. The second kappa shape index (κ2) is 9.07. The van der Waals surface area contributed by atoms with Gasteiger partial charge in [-0.15, -0.1) is 0 Å². The number of ether oxygens (including phenoxy) is 2. The lowest BCUT2D eigenvalue weighted by atomic mass is 9.33. The van der Waals surface area contributed by atoms with Crippen molar-refractivity contribution in [3.05, 3.63) is 11.6 Å². The molecule has 5 rings (SSSR count). The second-order valence-electron chi connectivity index (χ2n) is 16.4. The number of aliphatic hydroxyl groups is 1. The van der Waals surface area contributed by atoms with Gasteiger partial charge in [0.05, 0.1) is 12.7 Å². The van der Waals surface area contributed by atoms with Crippen molar-refractivity contribution in [2.45, 2.75) is 132 Å². The Morgan fingerprint density at radius 1 is 0.897 bits per heavy atom. The highest BCUT2D eigenvalue weighted by atomic mass is 16.5. The largest absolute Gasteiger partial charge is 0.465 e. The van der Waals surface area contributed by atoms with Gasteiger partial charge in [0.15, 0.2) is 0 Å². The van der Waals surface area contributed by atoms with E-state index in [-0.39, 0.29) is 56.5 Å². The van der Waals surface area contributed by atoms with E-state index in [0.29, 0.717) is 18.4 Å². The average Bonchev–Trinajstić information content (AvgIpc) is 2.80. The summed E-state index contributed by atoms with van der Waals surface area (Å²) in [7, 11) is 0. The first-order chi connectivity index (χ1) is 17.9. The van der Waals surface area contributed by atoms with Crippen LogP contribution in [-0.2, 0) is 19.1 Å². The summed E-state index contributed by atoms with van der Waals surface area (Å²) in [6.45, 7) is 20.3. The molecule has 0 radical (unpaired) electrons. The molecule has 5 heteroatoms. The minimum Gasteiger partial charge on any atom is -0.465 e. The molecule has 220 valence electrons. The Hall–Kier alpha value is -1.36. The van der Waals surface area contributed by atoms with Crippen LogP contribution in [0.4, 0.5) is 0 Å². The monoisotopic (exact) mass is 542 g/mol. The van der Waals surface area contributed by atoms with E-state index in [4.69, 9.17) is 9.47 Å². The predicted octanol–water partition coefficient (Wildman–Crippen LogP) is 7.25. The molecule has 1 N–H and O–H groups in total. The normalized spacial score (nSPS) is 47.8. The molecule has 0 aromatic rings. The lowest BCUT2D eigenvalue weighted by Crippen LogP contribution is -2.67. The fourth-order valence-electron chi connectivity index (χ4n) is 11.3. The highest BCUT2D eigenvalue weighted by molar-refractivity contribution is 5.66. The second-order valence-corrected chi connectivity index (χ2v) is 16.4. The molecule has 5 nitrogen and oxygen atoms in total. The number of esters is 2. The number of hydrogen-bond donors (Lipinski definition) is 1. The third-order valence-corrected chi connectivity index (χ3v) is 13.7. The summed E-state index contributed by atoms with van der Waals surface area (Å²) >= 11 is 0. The SMILES string of the molecule is CC(=O)OCC12CCC(C)(C)CC1C1=CCC3C4(C)CCC(OC(C)=O)C(C)(C)C4CCC3(C)C1(C)CC2O.